The van der Waals surface area contributed by atoms with Crippen LogP contribution in [-0.2, 0) is 0 Å². The molecule has 17 heavy (non-hydrogen) atoms. The molecule has 0 aromatic carbocycles. The van der Waals surface area contributed by atoms with Crippen LogP contribution < -0.4 is 5.32 Å². The van der Waals surface area contributed by atoms with Crippen molar-refractivity contribution in [3.8, 4) is 0 Å². The fourth-order valence-corrected chi connectivity index (χ4v) is 2.79. The average molecular weight is 235 g/mol. The van der Waals surface area contributed by atoms with Gasteiger partial charge in [-0.15, -0.1) is 0 Å². The van der Waals surface area contributed by atoms with Gasteiger partial charge in [0.25, 0.3) is 0 Å². The molecule has 2 unspecified atom stereocenters. The second-order valence-corrected chi connectivity index (χ2v) is 5.26. The van der Waals surface area contributed by atoms with E-state index in [0.717, 1.165) is 6.54 Å². The summed E-state index contributed by atoms with van der Waals surface area (Å²) in [5.41, 5.74) is 1.27. The van der Waals surface area contributed by atoms with Gasteiger partial charge in [-0.1, -0.05) is 26.2 Å². The van der Waals surface area contributed by atoms with Crippen molar-refractivity contribution >= 4 is 0 Å². The van der Waals surface area contributed by atoms with E-state index in [2.05, 4.69) is 35.1 Å². The molecule has 0 saturated heterocycles. The summed E-state index contributed by atoms with van der Waals surface area (Å²) in [7, 11) is 0. The van der Waals surface area contributed by atoms with Gasteiger partial charge in [0.2, 0.25) is 0 Å². The van der Waals surface area contributed by atoms with Gasteiger partial charge in [0, 0.05) is 12.2 Å². The van der Waals surface area contributed by atoms with Gasteiger partial charge in [0.15, 0.2) is 0 Å². The lowest BCUT2D eigenvalue weighted by Crippen LogP contribution is -2.37. The Hall–Kier alpha value is -0.830. The zero-order valence-electron chi connectivity index (χ0n) is 11.2. The van der Waals surface area contributed by atoms with Gasteiger partial charge in [-0.3, -0.25) is 4.68 Å². The zero-order valence-corrected chi connectivity index (χ0v) is 11.2. The standard InChI is InChI=1S/C14H25N3/c1-3-9-15-13-7-5-4-6-8-14(13)17-11-12(2)10-16-17/h10-11,13-15H,3-9H2,1-2H3. The van der Waals surface area contributed by atoms with Crippen molar-refractivity contribution in [2.45, 2.75) is 64.5 Å². The monoisotopic (exact) mass is 235 g/mol. The second kappa shape index (κ2) is 6.20. The number of nitrogens with one attached hydrogen (secondary N) is 1. The van der Waals surface area contributed by atoms with Crippen LogP contribution in [0.25, 0.3) is 0 Å². The van der Waals surface area contributed by atoms with Crippen LogP contribution in [0.2, 0.25) is 0 Å². The van der Waals surface area contributed by atoms with Gasteiger partial charge in [-0.25, -0.2) is 0 Å². The van der Waals surface area contributed by atoms with Crippen LogP contribution in [0.5, 0.6) is 0 Å². The van der Waals surface area contributed by atoms with Gasteiger partial charge in [0.1, 0.15) is 0 Å². The van der Waals surface area contributed by atoms with Crippen LogP contribution in [-0.4, -0.2) is 22.4 Å². The third kappa shape index (κ3) is 3.32. The molecule has 1 aromatic rings. The Morgan fingerprint density at radius 1 is 1.35 bits per heavy atom. The van der Waals surface area contributed by atoms with E-state index in [9.17, 15) is 0 Å². The predicted molar refractivity (Wildman–Crippen MR) is 71.2 cm³/mol. The molecule has 1 saturated carbocycles. The van der Waals surface area contributed by atoms with Crippen LogP contribution in [0.3, 0.4) is 0 Å². The molecule has 3 heteroatoms. The fourth-order valence-electron chi connectivity index (χ4n) is 2.79. The van der Waals surface area contributed by atoms with Crippen molar-refractivity contribution in [2.24, 2.45) is 0 Å². The Morgan fingerprint density at radius 3 is 2.88 bits per heavy atom. The van der Waals surface area contributed by atoms with Gasteiger partial charge < -0.3 is 5.32 Å². The molecule has 96 valence electrons. The van der Waals surface area contributed by atoms with Crippen molar-refractivity contribution < 1.29 is 0 Å². The Labute approximate surface area is 105 Å². The van der Waals surface area contributed by atoms with Crippen molar-refractivity contribution in [2.75, 3.05) is 6.54 Å². The van der Waals surface area contributed by atoms with Gasteiger partial charge in [-0.05, 0) is 38.3 Å². The molecule has 1 aromatic heterocycles. The number of nitrogens with zero attached hydrogens (tertiary/aromatic N) is 2. The van der Waals surface area contributed by atoms with E-state index in [1.165, 1.54) is 44.1 Å². The van der Waals surface area contributed by atoms with Crippen LogP contribution in [0.15, 0.2) is 12.4 Å². The fraction of sp³-hybridized carbons (Fsp3) is 0.786. The second-order valence-electron chi connectivity index (χ2n) is 5.26. The molecular formula is C14H25N3. The minimum Gasteiger partial charge on any atom is -0.312 e. The van der Waals surface area contributed by atoms with Gasteiger partial charge in [0.05, 0.1) is 12.2 Å². The number of hydrogen-bond donors (Lipinski definition) is 1. The first-order chi connectivity index (χ1) is 8.31. The van der Waals surface area contributed by atoms with Gasteiger partial charge in [-0.2, -0.15) is 5.10 Å². The number of hydrogen-bond acceptors (Lipinski definition) is 2. The van der Waals surface area contributed by atoms with Crippen LogP contribution in [0.4, 0.5) is 0 Å². The van der Waals surface area contributed by atoms with Crippen LogP contribution in [0.1, 0.15) is 57.1 Å². The minimum absolute atomic E-state index is 0.553. The predicted octanol–water partition coefficient (Wildman–Crippen LogP) is 3.06. The molecule has 1 fully saturated rings. The third-order valence-electron chi connectivity index (χ3n) is 3.71. The largest absolute Gasteiger partial charge is 0.312 e. The first kappa shape index (κ1) is 12.6. The summed E-state index contributed by atoms with van der Waals surface area (Å²) >= 11 is 0. The molecule has 0 aliphatic heterocycles. The van der Waals surface area contributed by atoms with Crippen LogP contribution >= 0.6 is 0 Å². The smallest absolute Gasteiger partial charge is 0.0672 e. The molecule has 0 amide bonds. The third-order valence-corrected chi connectivity index (χ3v) is 3.71. The lowest BCUT2D eigenvalue weighted by atomic mass is 10.0. The molecule has 1 aliphatic carbocycles. The first-order valence-electron chi connectivity index (χ1n) is 7.05. The van der Waals surface area contributed by atoms with Gasteiger partial charge >= 0.3 is 0 Å². The highest BCUT2D eigenvalue weighted by Crippen LogP contribution is 2.27. The topological polar surface area (TPSA) is 29.9 Å². The summed E-state index contributed by atoms with van der Waals surface area (Å²) in [6.07, 6.45) is 12.0. The molecule has 1 heterocycles. The van der Waals surface area contributed by atoms with Crippen molar-refractivity contribution in [1.82, 2.24) is 15.1 Å². The molecular weight excluding hydrogens is 210 g/mol. The number of aromatic nitrogens is 2. The normalized spacial score (nSPS) is 25.8. The van der Waals surface area contributed by atoms with E-state index in [-0.39, 0.29) is 0 Å². The maximum absolute atomic E-state index is 4.52. The van der Waals surface area contributed by atoms with E-state index < -0.39 is 0 Å². The maximum Gasteiger partial charge on any atom is 0.0672 e. The number of aryl methyl sites for hydroxylation is 1. The van der Waals surface area contributed by atoms with E-state index in [1.54, 1.807) is 0 Å². The molecule has 0 bridgehead atoms. The maximum atomic E-state index is 4.52. The molecule has 1 N–H and O–H groups in total. The van der Waals surface area contributed by atoms with E-state index in [0.29, 0.717) is 12.1 Å². The summed E-state index contributed by atoms with van der Waals surface area (Å²) in [4.78, 5) is 0. The summed E-state index contributed by atoms with van der Waals surface area (Å²) in [5, 5.41) is 8.22. The number of rotatable bonds is 4. The zero-order chi connectivity index (χ0) is 12.1. The lowest BCUT2D eigenvalue weighted by Gasteiger charge is -2.26. The summed E-state index contributed by atoms with van der Waals surface area (Å²) < 4.78 is 2.19. The molecule has 1 aliphatic rings. The molecule has 2 atom stereocenters. The van der Waals surface area contributed by atoms with Crippen molar-refractivity contribution in [1.29, 1.82) is 0 Å². The molecule has 3 nitrogen and oxygen atoms in total. The van der Waals surface area contributed by atoms with Crippen LogP contribution in [0, 0.1) is 6.92 Å². The van der Waals surface area contributed by atoms with E-state index in [1.807, 2.05) is 6.20 Å². The van der Waals surface area contributed by atoms with Crippen molar-refractivity contribution in [3.05, 3.63) is 18.0 Å². The Morgan fingerprint density at radius 2 is 2.18 bits per heavy atom. The quantitative estimate of drug-likeness (QED) is 0.813. The molecule has 0 spiro atoms. The van der Waals surface area contributed by atoms with Crippen molar-refractivity contribution in [3.63, 3.8) is 0 Å². The lowest BCUT2D eigenvalue weighted by molar-refractivity contribution is 0.309. The Bertz CT molecular complexity index is 332. The highest BCUT2D eigenvalue weighted by Gasteiger charge is 2.24. The Balaban J connectivity index is 2.08. The SMILES string of the molecule is CCCNC1CCCCCC1n1cc(C)cn1. The average Bonchev–Trinajstić information content (AvgIpc) is 2.63. The molecule has 2 rings (SSSR count). The highest BCUT2D eigenvalue weighted by atomic mass is 15.3. The molecule has 0 radical (unpaired) electrons. The summed E-state index contributed by atoms with van der Waals surface area (Å²) in [6, 6.07) is 1.16. The summed E-state index contributed by atoms with van der Waals surface area (Å²) in [5.74, 6) is 0. The summed E-state index contributed by atoms with van der Waals surface area (Å²) in [6.45, 7) is 5.48. The van der Waals surface area contributed by atoms with E-state index in [4.69, 9.17) is 0 Å². The minimum atomic E-state index is 0.553. The highest BCUT2D eigenvalue weighted by molar-refractivity contribution is 5.01. The Kier molecular flexibility index (Phi) is 4.60. The van der Waals surface area contributed by atoms with E-state index >= 15 is 0 Å². The first-order valence-corrected chi connectivity index (χ1v) is 7.05.